The average Bonchev–Trinajstić information content (AvgIpc) is 2.55. The molecule has 0 aliphatic heterocycles. The van der Waals surface area contributed by atoms with Crippen molar-refractivity contribution in [2.24, 2.45) is 0 Å². The number of rotatable bonds is 3. The van der Waals surface area contributed by atoms with E-state index in [4.69, 9.17) is 0 Å². The normalized spacial score (nSPS) is 11.4. The second kappa shape index (κ2) is 4.07. The van der Waals surface area contributed by atoms with E-state index in [1.54, 1.807) is 5.32 Å². The van der Waals surface area contributed by atoms with E-state index in [0.29, 0.717) is 0 Å². The minimum Gasteiger partial charge on any atom is -0.346 e. The lowest BCUT2D eigenvalue weighted by molar-refractivity contribution is -0.173. The Morgan fingerprint density at radius 3 is 2.71 bits per heavy atom. The lowest BCUT2D eigenvalue weighted by Gasteiger charge is -2.07. The minimum atomic E-state index is -4.83. The number of amides is 1. The Balaban J connectivity index is 2.26. The van der Waals surface area contributed by atoms with Crippen molar-refractivity contribution in [2.75, 3.05) is 6.54 Å². The van der Waals surface area contributed by atoms with Gasteiger partial charge in [0.25, 0.3) is 0 Å². The minimum absolute atomic E-state index is 0.137. The number of halogens is 3. The van der Waals surface area contributed by atoms with Crippen LogP contribution >= 0.6 is 0 Å². The van der Waals surface area contributed by atoms with E-state index in [2.05, 4.69) is 10.1 Å². The van der Waals surface area contributed by atoms with Crippen LogP contribution in [0.4, 0.5) is 13.2 Å². The fourth-order valence-corrected chi connectivity index (χ4v) is 0.732. The molecule has 5 nitrogen and oxygen atoms in total. The number of aromatic nitrogens is 3. The fourth-order valence-electron chi connectivity index (χ4n) is 0.732. The van der Waals surface area contributed by atoms with Gasteiger partial charge in [-0.05, 0) is 0 Å². The molecule has 0 saturated heterocycles. The van der Waals surface area contributed by atoms with Crippen molar-refractivity contribution in [1.82, 2.24) is 20.1 Å². The third-order valence-electron chi connectivity index (χ3n) is 1.35. The topological polar surface area (TPSA) is 59.8 Å². The van der Waals surface area contributed by atoms with Crippen molar-refractivity contribution in [3.8, 4) is 0 Å². The zero-order chi connectivity index (χ0) is 10.6. The molecule has 1 aromatic rings. The van der Waals surface area contributed by atoms with Gasteiger partial charge in [-0.15, -0.1) is 0 Å². The summed E-state index contributed by atoms with van der Waals surface area (Å²) in [6, 6.07) is 0. The van der Waals surface area contributed by atoms with Gasteiger partial charge in [0.2, 0.25) is 0 Å². The van der Waals surface area contributed by atoms with E-state index >= 15 is 0 Å². The number of nitrogens with one attached hydrogen (secondary N) is 1. The third kappa shape index (κ3) is 3.04. The maximum absolute atomic E-state index is 11.7. The molecule has 78 valence electrons. The monoisotopic (exact) mass is 208 g/mol. The van der Waals surface area contributed by atoms with Gasteiger partial charge in [0.05, 0.1) is 6.54 Å². The van der Waals surface area contributed by atoms with Crippen LogP contribution in [0.2, 0.25) is 0 Å². The van der Waals surface area contributed by atoms with Crippen molar-refractivity contribution in [2.45, 2.75) is 12.7 Å². The molecule has 0 radical (unpaired) electrons. The summed E-state index contributed by atoms with van der Waals surface area (Å²) in [5.74, 6) is -1.95. The second-order valence-corrected chi connectivity index (χ2v) is 2.41. The number of carbonyl (C=O) groups is 1. The van der Waals surface area contributed by atoms with Crippen molar-refractivity contribution < 1.29 is 18.0 Å². The Labute approximate surface area is 76.9 Å². The Morgan fingerprint density at radius 1 is 1.50 bits per heavy atom. The van der Waals surface area contributed by atoms with Crippen LogP contribution in [0.5, 0.6) is 0 Å². The molecule has 14 heavy (non-hydrogen) atoms. The molecule has 0 unspecified atom stereocenters. The van der Waals surface area contributed by atoms with Crippen molar-refractivity contribution >= 4 is 5.91 Å². The van der Waals surface area contributed by atoms with Crippen molar-refractivity contribution in [1.29, 1.82) is 0 Å². The van der Waals surface area contributed by atoms with Crippen LogP contribution in [0.15, 0.2) is 12.7 Å². The predicted molar refractivity (Wildman–Crippen MR) is 39.1 cm³/mol. The standard InChI is InChI=1S/C6H7F3N4O/c7-6(8,9)5(14)11-1-2-13-4-10-3-12-13/h3-4H,1-2H2,(H,11,14). The summed E-state index contributed by atoms with van der Waals surface area (Å²) in [6.07, 6.45) is -2.23. The smallest absolute Gasteiger partial charge is 0.346 e. The summed E-state index contributed by atoms with van der Waals surface area (Å²) in [5, 5.41) is 5.36. The SMILES string of the molecule is O=C(NCCn1cncn1)C(F)(F)F. The largest absolute Gasteiger partial charge is 0.471 e. The van der Waals surface area contributed by atoms with E-state index in [1.807, 2.05) is 0 Å². The molecule has 1 amide bonds. The zero-order valence-electron chi connectivity index (χ0n) is 6.95. The number of hydrogen-bond acceptors (Lipinski definition) is 3. The zero-order valence-corrected chi connectivity index (χ0v) is 6.95. The Bertz CT molecular complexity index is 295. The molecular formula is C6H7F3N4O. The van der Waals surface area contributed by atoms with Gasteiger partial charge < -0.3 is 5.32 Å². The van der Waals surface area contributed by atoms with Gasteiger partial charge in [-0.25, -0.2) is 4.98 Å². The molecule has 8 heteroatoms. The molecule has 0 fully saturated rings. The number of nitrogens with zero attached hydrogens (tertiary/aromatic N) is 3. The van der Waals surface area contributed by atoms with E-state index in [1.165, 1.54) is 17.3 Å². The maximum atomic E-state index is 11.7. The van der Waals surface area contributed by atoms with E-state index < -0.39 is 12.1 Å². The van der Waals surface area contributed by atoms with Gasteiger partial charge >= 0.3 is 12.1 Å². The summed E-state index contributed by atoms with van der Waals surface area (Å²) >= 11 is 0. The van der Waals surface area contributed by atoms with Crippen LogP contribution in [-0.2, 0) is 11.3 Å². The fraction of sp³-hybridized carbons (Fsp3) is 0.500. The highest BCUT2D eigenvalue weighted by atomic mass is 19.4. The molecule has 1 N–H and O–H groups in total. The predicted octanol–water partition coefficient (Wildman–Crippen LogP) is -0.0434. The molecule has 0 saturated carbocycles. The summed E-state index contributed by atoms with van der Waals surface area (Å²) < 4.78 is 36.3. The molecule has 0 aliphatic rings. The van der Waals surface area contributed by atoms with Crippen LogP contribution in [0.3, 0.4) is 0 Å². The maximum Gasteiger partial charge on any atom is 0.471 e. The first kappa shape index (κ1) is 10.5. The highest BCUT2D eigenvalue weighted by molar-refractivity contribution is 5.81. The highest BCUT2D eigenvalue weighted by Gasteiger charge is 2.38. The molecule has 0 bridgehead atoms. The molecule has 0 spiro atoms. The van der Waals surface area contributed by atoms with Gasteiger partial charge in [-0.3, -0.25) is 9.48 Å². The molecule has 0 aliphatic carbocycles. The number of carbonyl (C=O) groups excluding carboxylic acids is 1. The van der Waals surface area contributed by atoms with Crippen LogP contribution < -0.4 is 5.32 Å². The summed E-state index contributed by atoms with van der Waals surface area (Å²) in [5.41, 5.74) is 0. The van der Waals surface area contributed by atoms with Gasteiger partial charge in [-0.2, -0.15) is 18.3 Å². The average molecular weight is 208 g/mol. The van der Waals surface area contributed by atoms with Gasteiger partial charge in [0.15, 0.2) is 0 Å². The molecule has 1 aromatic heterocycles. The Morgan fingerprint density at radius 2 is 2.21 bits per heavy atom. The van der Waals surface area contributed by atoms with E-state index in [9.17, 15) is 18.0 Å². The van der Waals surface area contributed by atoms with Crippen LogP contribution in [0.1, 0.15) is 0 Å². The van der Waals surface area contributed by atoms with Crippen LogP contribution in [0.25, 0.3) is 0 Å². The summed E-state index contributed by atoms with van der Waals surface area (Å²) in [7, 11) is 0. The van der Waals surface area contributed by atoms with Gasteiger partial charge in [-0.1, -0.05) is 0 Å². The lowest BCUT2D eigenvalue weighted by atomic mass is 10.5. The quantitative estimate of drug-likeness (QED) is 0.758. The van der Waals surface area contributed by atoms with Crippen molar-refractivity contribution in [3.63, 3.8) is 0 Å². The lowest BCUT2D eigenvalue weighted by Crippen LogP contribution is -2.38. The van der Waals surface area contributed by atoms with E-state index in [0.717, 1.165) is 0 Å². The first-order valence-corrected chi connectivity index (χ1v) is 3.67. The molecule has 0 aromatic carbocycles. The first-order chi connectivity index (χ1) is 6.50. The molecular weight excluding hydrogens is 201 g/mol. The number of hydrogen-bond donors (Lipinski definition) is 1. The van der Waals surface area contributed by atoms with E-state index in [-0.39, 0.29) is 13.1 Å². The second-order valence-electron chi connectivity index (χ2n) is 2.41. The van der Waals surface area contributed by atoms with Crippen LogP contribution in [0, 0.1) is 0 Å². The Hall–Kier alpha value is -1.60. The van der Waals surface area contributed by atoms with Gasteiger partial charge in [0.1, 0.15) is 12.7 Å². The third-order valence-corrected chi connectivity index (χ3v) is 1.35. The molecule has 0 atom stereocenters. The number of alkyl halides is 3. The van der Waals surface area contributed by atoms with Gasteiger partial charge in [0, 0.05) is 6.54 Å². The molecule has 1 heterocycles. The summed E-state index contributed by atoms with van der Waals surface area (Å²) in [4.78, 5) is 13.9. The van der Waals surface area contributed by atoms with Crippen LogP contribution in [-0.4, -0.2) is 33.4 Å². The highest BCUT2D eigenvalue weighted by Crippen LogP contribution is 2.13. The molecule has 1 rings (SSSR count). The first-order valence-electron chi connectivity index (χ1n) is 3.67. The Kier molecular flexibility index (Phi) is 3.05. The summed E-state index contributed by atoms with van der Waals surface area (Å²) in [6.45, 7) is 0.0174. The van der Waals surface area contributed by atoms with Crippen molar-refractivity contribution in [3.05, 3.63) is 12.7 Å².